The number of nitrogens with zero attached hydrogens (tertiary/aromatic N) is 3. The third-order valence-corrected chi connectivity index (χ3v) is 8.83. The minimum absolute atomic E-state index is 0.0155. The lowest BCUT2D eigenvalue weighted by Gasteiger charge is -2.42. The Labute approximate surface area is 247 Å². The number of alkyl halides is 3. The van der Waals surface area contributed by atoms with Gasteiger partial charge in [0.25, 0.3) is 0 Å². The van der Waals surface area contributed by atoms with Gasteiger partial charge in [0.15, 0.2) is 11.6 Å². The number of ether oxygens (including phenoxy) is 1. The van der Waals surface area contributed by atoms with Crippen LogP contribution in [0.3, 0.4) is 0 Å². The van der Waals surface area contributed by atoms with Crippen LogP contribution >= 0.6 is 0 Å². The molecule has 2 aromatic rings. The van der Waals surface area contributed by atoms with Gasteiger partial charge in [-0.2, -0.15) is 4.98 Å². The molecule has 2 saturated carbocycles. The fraction of sp³-hybridized carbons (Fsp3) is 0.677. The summed E-state index contributed by atoms with van der Waals surface area (Å²) in [6.07, 6.45) is 4.66. The van der Waals surface area contributed by atoms with Gasteiger partial charge < -0.3 is 25.6 Å². The van der Waals surface area contributed by atoms with E-state index in [2.05, 4.69) is 63.5 Å². The Morgan fingerprint density at radius 3 is 2.45 bits per heavy atom. The summed E-state index contributed by atoms with van der Waals surface area (Å²) in [6.45, 7) is 7.18. The van der Waals surface area contributed by atoms with E-state index in [0.29, 0.717) is 18.4 Å². The van der Waals surface area contributed by atoms with E-state index in [1.165, 1.54) is 50.3 Å². The Morgan fingerprint density at radius 2 is 1.74 bits per heavy atom. The molecule has 0 bridgehead atoms. The van der Waals surface area contributed by atoms with E-state index in [4.69, 9.17) is 0 Å². The van der Waals surface area contributed by atoms with Crippen molar-refractivity contribution in [3.63, 3.8) is 0 Å². The zero-order valence-electron chi connectivity index (χ0n) is 25.2. The van der Waals surface area contributed by atoms with Gasteiger partial charge in [0.2, 0.25) is 5.95 Å². The molecule has 4 rings (SSSR count). The predicted molar refractivity (Wildman–Crippen MR) is 158 cm³/mol. The third kappa shape index (κ3) is 9.69. The van der Waals surface area contributed by atoms with Crippen molar-refractivity contribution in [1.82, 2.24) is 20.2 Å². The molecule has 1 aromatic carbocycles. The number of benzene rings is 1. The lowest BCUT2D eigenvalue weighted by molar-refractivity contribution is -0.274. The highest BCUT2D eigenvalue weighted by atomic mass is 19.4. The van der Waals surface area contributed by atoms with Gasteiger partial charge in [-0.3, -0.25) is 0 Å². The van der Waals surface area contributed by atoms with Crippen molar-refractivity contribution >= 4 is 11.8 Å². The van der Waals surface area contributed by atoms with E-state index in [0.717, 1.165) is 44.1 Å². The Hall–Kier alpha value is -2.66. The quantitative estimate of drug-likeness (QED) is 0.237. The van der Waals surface area contributed by atoms with Crippen LogP contribution in [-0.4, -0.2) is 61.0 Å². The van der Waals surface area contributed by atoms with Crippen LogP contribution in [0.5, 0.6) is 5.75 Å². The van der Waals surface area contributed by atoms with Gasteiger partial charge >= 0.3 is 6.36 Å². The molecule has 1 heterocycles. The van der Waals surface area contributed by atoms with Crippen molar-refractivity contribution in [2.24, 2.45) is 23.2 Å². The van der Waals surface area contributed by atoms with Crippen LogP contribution in [0.2, 0.25) is 0 Å². The Morgan fingerprint density at radius 1 is 1.02 bits per heavy atom. The van der Waals surface area contributed by atoms with Crippen molar-refractivity contribution in [2.45, 2.75) is 77.7 Å². The van der Waals surface area contributed by atoms with Gasteiger partial charge in [0.1, 0.15) is 5.75 Å². The second-order valence-corrected chi connectivity index (χ2v) is 13.0. The van der Waals surface area contributed by atoms with E-state index >= 15 is 0 Å². The molecular formula is C31H46F4N6O. The molecule has 42 heavy (non-hydrogen) atoms. The lowest BCUT2D eigenvalue weighted by Crippen LogP contribution is -2.40. The topological polar surface area (TPSA) is 74.3 Å². The molecule has 3 N–H and O–H groups in total. The van der Waals surface area contributed by atoms with Crippen molar-refractivity contribution < 1.29 is 22.3 Å². The summed E-state index contributed by atoms with van der Waals surface area (Å²) in [4.78, 5) is 10.6. The van der Waals surface area contributed by atoms with Crippen LogP contribution in [0, 0.1) is 29.0 Å². The molecular weight excluding hydrogens is 548 g/mol. The summed E-state index contributed by atoms with van der Waals surface area (Å²) < 4.78 is 57.0. The molecule has 0 amide bonds. The molecule has 2 aliphatic carbocycles. The van der Waals surface area contributed by atoms with Gasteiger partial charge in [0.05, 0.1) is 6.20 Å². The zero-order chi connectivity index (χ0) is 30.3. The SMILES string of the molecule is CC1C[C@@H](CNC[C@H]2CC[C@H](N(C)C)CC2)C[C@](C)(CNc2nc(NCc3ccccc3OC(F)(F)F)ncc2F)C1. The van der Waals surface area contributed by atoms with Crippen LogP contribution in [0.1, 0.15) is 64.4 Å². The maximum absolute atomic E-state index is 14.7. The van der Waals surface area contributed by atoms with Crippen LogP contribution < -0.4 is 20.7 Å². The number of halogens is 4. The van der Waals surface area contributed by atoms with Crippen LogP contribution in [-0.2, 0) is 6.54 Å². The summed E-state index contributed by atoms with van der Waals surface area (Å²) in [5.41, 5.74) is 0.258. The molecule has 2 fully saturated rings. The van der Waals surface area contributed by atoms with Crippen molar-refractivity contribution in [3.8, 4) is 5.75 Å². The summed E-state index contributed by atoms with van der Waals surface area (Å²) in [6, 6.07) is 6.56. The minimum Gasteiger partial charge on any atom is -0.405 e. The summed E-state index contributed by atoms with van der Waals surface area (Å²) in [5.74, 6) is 1.20. The Balaban J connectivity index is 1.28. The molecule has 3 atom stereocenters. The minimum atomic E-state index is -4.80. The molecule has 2 aliphatic rings. The lowest BCUT2D eigenvalue weighted by atomic mass is 9.67. The van der Waals surface area contributed by atoms with E-state index < -0.39 is 12.2 Å². The summed E-state index contributed by atoms with van der Waals surface area (Å²) >= 11 is 0. The first kappa shape index (κ1) is 32.3. The number of nitrogens with one attached hydrogen (secondary N) is 3. The maximum Gasteiger partial charge on any atom is 0.573 e. The number of hydrogen-bond acceptors (Lipinski definition) is 7. The average Bonchev–Trinajstić information content (AvgIpc) is 2.91. The van der Waals surface area contributed by atoms with Crippen LogP contribution in [0.25, 0.3) is 0 Å². The molecule has 0 radical (unpaired) electrons. The van der Waals surface area contributed by atoms with E-state index in [9.17, 15) is 17.6 Å². The number of rotatable bonds is 12. The third-order valence-electron chi connectivity index (χ3n) is 8.83. The van der Waals surface area contributed by atoms with Gasteiger partial charge in [0, 0.05) is 24.7 Å². The second kappa shape index (κ2) is 14.2. The van der Waals surface area contributed by atoms with Crippen LogP contribution in [0.15, 0.2) is 30.5 Å². The highest BCUT2D eigenvalue weighted by Gasteiger charge is 2.36. The largest absolute Gasteiger partial charge is 0.573 e. The van der Waals surface area contributed by atoms with E-state index in [-0.39, 0.29) is 35.0 Å². The smallest absolute Gasteiger partial charge is 0.405 e. The molecule has 7 nitrogen and oxygen atoms in total. The number of hydrogen-bond donors (Lipinski definition) is 3. The number of para-hydroxylation sites is 1. The molecule has 1 aromatic heterocycles. The van der Waals surface area contributed by atoms with Gasteiger partial charge in [-0.15, -0.1) is 13.2 Å². The average molecular weight is 595 g/mol. The fourth-order valence-electron chi connectivity index (χ4n) is 6.94. The highest BCUT2D eigenvalue weighted by Crippen LogP contribution is 2.42. The van der Waals surface area contributed by atoms with Gasteiger partial charge in [-0.25, -0.2) is 9.37 Å². The number of aromatic nitrogens is 2. The monoisotopic (exact) mass is 594 g/mol. The molecule has 11 heteroatoms. The highest BCUT2D eigenvalue weighted by molar-refractivity contribution is 5.43. The first-order valence-electron chi connectivity index (χ1n) is 15.1. The van der Waals surface area contributed by atoms with E-state index in [1.807, 2.05) is 0 Å². The predicted octanol–water partition coefficient (Wildman–Crippen LogP) is 6.69. The van der Waals surface area contributed by atoms with E-state index in [1.54, 1.807) is 6.07 Å². The molecule has 0 spiro atoms. The number of anilines is 2. The van der Waals surface area contributed by atoms with Crippen molar-refractivity contribution in [3.05, 3.63) is 41.8 Å². The molecule has 0 saturated heterocycles. The second-order valence-electron chi connectivity index (χ2n) is 13.0. The summed E-state index contributed by atoms with van der Waals surface area (Å²) in [5, 5.41) is 9.86. The Kier molecular flexibility index (Phi) is 10.9. The molecule has 1 unspecified atom stereocenters. The van der Waals surface area contributed by atoms with Crippen LogP contribution in [0.4, 0.5) is 29.3 Å². The standard InChI is InChI=1S/C31H46F4N6O/c1-21-13-23(17-36-16-22-9-11-25(12-10-22)41(3)4)15-30(2,14-21)20-39-28-26(32)19-38-29(40-28)37-18-24-7-5-6-8-27(24)42-31(33,34)35/h5-8,19,21-23,25,36H,9-18,20H2,1-4H3,(H2,37,38,39,40)/t21?,22-,23-,25-,30-/m1/s1. The Bertz CT molecular complexity index is 1140. The van der Waals surface area contributed by atoms with Crippen molar-refractivity contribution in [1.29, 1.82) is 0 Å². The normalized spacial score (nSPS) is 26.7. The first-order chi connectivity index (χ1) is 19.9. The van der Waals surface area contributed by atoms with Gasteiger partial charge in [-0.1, -0.05) is 32.0 Å². The maximum atomic E-state index is 14.7. The molecule has 0 aliphatic heterocycles. The summed E-state index contributed by atoms with van der Waals surface area (Å²) in [7, 11) is 4.35. The van der Waals surface area contributed by atoms with Gasteiger partial charge in [-0.05, 0) is 101 Å². The zero-order valence-corrected chi connectivity index (χ0v) is 25.2. The van der Waals surface area contributed by atoms with Crippen molar-refractivity contribution in [2.75, 3.05) is 44.4 Å². The fourth-order valence-corrected chi connectivity index (χ4v) is 6.94. The first-order valence-corrected chi connectivity index (χ1v) is 15.1. The molecule has 234 valence electrons.